The van der Waals surface area contributed by atoms with E-state index in [1.165, 1.54) is 17.7 Å². The van der Waals surface area contributed by atoms with Gasteiger partial charge in [0.15, 0.2) is 6.23 Å². The van der Waals surface area contributed by atoms with Crippen LogP contribution in [-0.4, -0.2) is 71.1 Å². The van der Waals surface area contributed by atoms with Gasteiger partial charge in [0.25, 0.3) is 5.91 Å². The number of fused-ring (bicyclic) bond motifs is 1. The van der Waals surface area contributed by atoms with Crippen LogP contribution in [0.1, 0.15) is 40.6 Å². The molecule has 0 spiro atoms. The molecule has 2 aromatic carbocycles. The summed E-state index contributed by atoms with van der Waals surface area (Å²) in [6.07, 6.45) is 3.81. The van der Waals surface area contributed by atoms with E-state index < -0.39 is 11.9 Å². The highest BCUT2D eigenvalue weighted by molar-refractivity contribution is 6.27. The number of amides is 1. The maximum Gasteiger partial charge on any atom is 0.414 e. The number of hydrogen-bond acceptors (Lipinski definition) is 5. The van der Waals surface area contributed by atoms with Crippen LogP contribution in [0, 0.1) is 5.82 Å². The Labute approximate surface area is 196 Å². The summed E-state index contributed by atoms with van der Waals surface area (Å²) in [5.74, 6) is -3.79. The van der Waals surface area contributed by atoms with E-state index in [1.54, 1.807) is 7.11 Å². The Morgan fingerprint density at radius 2 is 1.74 bits per heavy atom. The Kier molecular flexibility index (Phi) is 8.50. The zero-order valence-electron chi connectivity index (χ0n) is 18.8. The smallest absolute Gasteiger partial charge is 0.414 e. The predicted octanol–water partition coefficient (Wildman–Crippen LogP) is 3.26. The Morgan fingerprint density at radius 1 is 1.06 bits per heavy atom. The molecule has 2 heterocycles. The molecule has 180 valence electrons. The Balaban J connectivity index is 0.000000481. The SMILES string of the molecule is COC1c2ccccc2C(=O)N1CCCN1CC=C(c2ccc(F)cc2)CC1.O=C(O)C(=O)O. The lowest BCUT2D eigenvalue weighted by Gasteiger charge is -2.28. The number of carbonyl (C=O) groups excluding carboxylic acids is 1. The highest BCUT2D eigenvalue weighted by atomic mass is 19.1. The summed E-state index contributed by atoms with van der Waals surface area (Å²) in [5.41, 5.74) is 4.09. The third-order valence-corrected chi connectivity index (χ3v) is 5.79. The van der Waals surface area contributed by atoms with Crippen LogP contribution in [0.3, 0.4) is 0 Å². The van der Waals surface area contributed by atoms with Crippen molar-refractivity contribution in [3.05, 3.63) is 77.1 Å². The number of carbonyl (C=O) groups is 3. The monoisotopic (exact) mass is 470 g/mol. The minimum atomic E-state index is -1.82. The zero-order chi connectivity index (χ0) is 24.7. The maximum absolute atomic E-state index is 13.1. The van der Waals surface area contributed by atoms with Gasteiger partial charge < -0.3 is 19.8 Å². The molecule has 0 aliphatic carbocycles. The van der Waals surface area contributed by atoms with E-state index in [4.69, 9.17) is 24.5 Å². The van der Waals surface area contributed by atoms with Gasteiger partial charge in [0.05, 0.1) is 0 Å². The van der Waals surface area contributed by atoms with E-state index in [-0.39, 0.29) is 18.0 Å². The number of hydrogen-bond donors (Lipinski definition) is 2. The lowest BCUT2D eigenvalue weighted by molar-refractivity contribution is -0.159. The molecule has 0 aromatic heterocycles. The van der Waals surface area contributed by atoms with Crippen molar-refractivity contribution in [1.29, 1.82) is 0 Å². The second-order valence-corrected chi connectivity index (χ2v) is 7.92. The highest BCUT2D eigenvalue weighted by Gasteiger charge is 2.36. The van der Waals surface area contributed by atoms with Gasteiger partial charge >= 0.3 is 11.9 Å². The molecule has 34 heavy (non-hydrogen) atoms. The molecule has 9 heteroatoms. The van der Waals surface area contributed by atoms with Crippen molar-refractivity contribution in [3.8, 4) is 0 Å². The fourth-order valence-electron chi connectivity index (χ4n) is 4.11. The number of rotatable bonds is 6. The van der Waals surface area contributed by atoms with E-state index >= 15 is 0 Å². The van der Waals surface area contributed by atoms with Crippen molar-refractivity contribution < 1.29 is 33.7 Å². The molecule has 0 saturated heterocycles. The number of aliphatic carboxylic acids is 2. The van der Waals surface area contributed by atoms with Gasteiger partial charge in [-0.3, -0.25) is 9.69 Å². The van der Waals surface area contributed by atoms with Crippen molar-refractivity contribution in [3.63, 3.8) is 0 Å². The van der Waals surface area contributed by atoms with Gasteiger partial charge in [-0.2, -0.15) is 0 Å². The standard InChI is InChI=1S/C23H25FN2O2.C2H2O4/c1-28-23-21-6-3-2-5-20(21)22(27)26(23)14-4-13-25-15-11-18(12-16-25)17-7-9-19(24)10-8-17;3-1(4)2(5)6/h2-3,5-11,23H,4,12-16H2,1H3;(H,3,4)(H,5,6). The number of carboxylic acid groups (broad SMARTS) is 2. The lowest BCUT2D eigenvalue weighted by atomic mass is 9.99. The topological polar surface area (TPSA) is 107 Å². The minimum absolute atomic E-state index is 0.0552. The fraction of sp³-hybridized carbons (Fsp3) is 0.320. The predicted molar refractivity (Wildman–Crippen MR) is 123 cm³/mol. The number of nitrogens with zero attached hydrogens (tertiary/aromatic N) is 2. The molecule has 1 atom stereocenters. The van der Waals surface area contributed by atoms with Crippen molar-refractivity contribution in [2.45, 2.75) is 19.1 Å². The van der Waals surface area contributed by atoms with Gasteiger partial charge in [-0.15, -0.1) is 0 Å². The van der Waals surface area contributed by atoms with Crippen LogP contribution in [0.4, 0.5) is 4.39 Å². The number of carboxylic acids is 2. The average molecular weight is 470 g/mol. The lowest BCUT2D eigenvalue weighted by Crippen LogP contribution is -2.34. The molecule has 4 rings (SSSR count). The normalized spacial score (nSPS) is 17.5. The van der Waals surface area contributed by atoms with Crippen LogP contribution >= 0.6 is 0 Å². The van der Waals surface area contributed by atoms with Gasteiger partial charge in [-0.1, -0.05) is 36.4 Å². The minimum Gasteiger partial charge on any atom is -0.473 e. The van der Waals surface area contributed by atoms with Gasteiger partial charge in [-0.25, -0.2) is 14.0 Å². The summed E-state index contributed by atoms with van der Waals surface area (Å²) >= 11 is 0. The van der Waals surface area contributed by atoms with Gasteiger partial charge in [0, 0.05) is 44.4 Å². The molecule has 2 aromatic rings. The van der Waals surface area contributed by atoms with Gasteiger partial charge in [-0.05, 0) is 42.2 Å². The first-order chi connectivity index (χ1) is 16.3. The second kappa shape index (κ2) is 11.5. The Hall–Kier alpha value is -3.56. The first-order valence-electron chi connectivity index (χ1n) is 10.9. The number of methoxy groups -OCH3 is 1. The molecule has 2 aliphatic rings. The number of halogens is 1. The number of ether oxygens (including phenoxy) is 1. The van der Waals surface area contributed by atoms with E-state index in [2.05, 4.69) is 11.0 Å². The van der Waals surface area contributed by atoms with Crippen LogP contribution in [-0.2, 0) is 14.3 Å². The Bertz CT molecular complexity index is 1060. The van der Waals surface area contributed by atoms with Crippen molar-refractivity contribution >= 4 is 23.4 Å². The van der Waals surface area contributed by atoms with E-state index in [9.17, 15) is 9.18 Å². The molecule has 0 saturated carbocycles. The molecule has 8 nitrogen and oxygen atoms in total. The number of benzene rings is 2. The molecule has 2 aliphatic heterocycles. The molecule has 0 fully saturated rings. The first-order valence-corrected chi connectivity index (χ1v) is 10.9. The van der Waals surface area contributed by atoms with Crippen LogP contribution in [0.15, 0.2) is 54.6 Å². The van der Waals surface area contributed by atoms with Crippen molar-refractivity contribution in [2.75, 3.05) is 33.3 Å². The molecule has 1 amide bonds. The molecule has 2 N–H and O–H groups in total. The van der Waals surface area contributed by atoms with Crippen LogP contribution in [0.5, 0.6) is 0 Å². The maximum atomic E-state index is 13.1. The summed E-state index contributed by atoms with van der Waals surface area (Å²) in [6, 6.07) is 14.4. The Morgan fingerprint density at radius 3 is 2.32 bits per heavy atom. The quantitative estimate of drug-likeness (QED) is 0.624. The average Bonchev–Trinajstić information content (AvgIpc) is 3.11. The summed E-state index contributed by atoms with van der Waals surface area (Å²) in [4.78, 5) is 35.1. The highest BCUT2D eigenvalue weighted by Crippen LogP contribution is 2.33. The summed E-state index contributed by atoms with van der Waals surface area (Å²) in [5, 5.41) is 14.8. The van der Waals surface area contributed by atoms with Gasteiger partial charge in [0.1, 0.15) is 5.82 Å². The van der Waals surface area contributed by atoms with Crippen molar-refractivity contribution in [2.24, 2.45) is 0 Å². The van der Waals surface area contributed by atoms with E-state index in [0.29, 0.717) is 6.54 Å². The van der Waals surface area contributed by atoms with Crippen molar-refractivity contribution in [1.82, 2.24) is 9.80 Å². The molecule has 0 bridgehead atoms. The zero-order valence-corrected chi connectivity index (χ0v) is 18.8. The fourth-order valence-corrected chi connectivity index (χ4v) is 4.11. The summed E-state index contributed by atoms with van der Waals surface area (Å²) in [7, 11) is 1.65. The third kappa shape index (κ3) is 6.06. The van der Waals surface area contributed by atoms with Crippen LogP contribution in [0.2, 0.25) is 0 Å². The largest absolute Gasteiger partial charge is 0.473 e. The van der Waals surface area contributed by atoms with Crippen LogP contribution < -0.4 is 0 Å². The first kappa shape index (κ1) is 25.1. The summed E-state index contributed by atoms with van der Waals surface area (Å²) < 4.78 is 18.7. The van der Waals surface area contributed by atoms with Crippen LogP contribution in [0.25, 0.3) is 5.57 Å². The van der Waals surface area contributed by atoms with Gasteiger partial charge in [0.2, 0.25) is 0 Å². The summed E-state index contributed by atoms with van der Waals surface area (Å²) in [6.45, 7) is 3.47. The molecular weight excluding hydrogens is 443 g/mol. The van der Waals surface area contributed by atoms with E-state index in [0.717, 1.165) is 49.2 Å². The molecule has 1 unspecified atom stereocenters. The molecule has 0 radical (unpaired) electrons. The van der Waals surface area contributed by atoms with E-state index in [1.807, 2.05) is 41.3 Å². The third-order valence-electron chi connectivity index (χ3n) is 5.79. The molecular formula is C25H27FN2O6. The second-order valence-electron chi connectivity index (χ2n) is 7.92.